The highest BCUT2D eigenvalue weighted by atomic mass is 16.5. The SMILES string of the molecule is Cc1ccc(C)c(C(=O)COC(=O)CN2C(=O)NC3(CCCC3)C2=O)c1. The Morgan fingerprint density at radius 1 is 1.19 bits per heavy atom. The molecule has 1 aliphatic heterocycles. The first-order valence-corrected chi connectivity index (χ1v) is 8.72. The van der Waals surface area contributed by atoms with Crippen LogP contribution in [-0.2, 0) is 14.3 Å². The van der Waals surface area contributed by atoms with Gasteiger partial charge in [0.1, 0.15) is 12.1 Å². The number of carbonyl (C=O) groups excluding carboxylic acids is 4. The molecule has 1 aliphatic carbocycles. The predicted molar refractivity (Wildman–Crippen MR) is 92.6 cm³/mol. The van der Waals surface area contributed by atoms with Gasteiger partial charge in [-0.3, -0.25) is 19.3 Å². The minimum absolute atomic E-state index is 0.316. The number of amides is 3. The largest absolute Gasteiger partial charge is 0.456 e. The van der Waals surface area contributed by atoms with Gasteiger partial charge in [0.25, 0.3) is 5.91 Å². The van der Waals surface area contributed by atoms with Crippen molar-refractivity contribution in [2.75, 3.05) is 13.2 Å². The average molecular weight is 358 g/mol. The fourth-order valence-corrected chi connectivity index (χ4v) is 3.57. The lowest BCUT2D eigenvalue weighted by Crippen LogP contribution is -2.44. The second kappa shape index (κ2) is 6.90. The number of ether oxygens (including phenoxy) is 1. The van der Waals surface area contributed by atoms with E-state index in [-0.39, 0.29) is 11.7 Å². The molecule has 1 spiro atoms. The number of carbonyl (C=O) groups is 4. The molecular weight excluding hydrogens is 336 g/mol. The molecule has 1 N–H and O–H groups in total. The number of urea groups is 1. The second-order valence-corrected chi connectivity index (χ2v) is 7.01. The Hall–Kier alpha value is -2.70. The molecule has 26 heavy (non-hydrogen) atoms. The zero-order chi connectivity index (χ0) is 18.9. The summed E-state index contributed by atoms with van der Waals surface area (Å²) in [7, 11) is 0. The molecule has 1 heterocycles. The molecule has 7 heteroatoms. The number of nitrogens with zero attached hydrogens (tertiary/aromatic N) is 1. The Labute approximate surface area is 151 Å². The summed E-state index contributed by atoms with van der Waals surface area (Å²) in [5.74, 6) is -1.47. The van der Waals surface area contributed by atoms with Crippen molar-refractivity contribution in [3.05, 3.63) is 34.9 Å². The molecule has 1 aromatic carbocycles. The number of aryl methyl sites for hydroxylation is 2. The summed E-state index contributed by atoms with van der Waals surface area (Å²) in [5.41, 5.74) is 1.38. The number of benzene rings is 1. The number of Topliss-reactive ketones (excluding diaryl/α,β-unsaturated/α-hetero) is 1. The van der Waals surface area contributed by atoms with Crippen molar-refractivity contribution in [2.24, 2.45) is 0 Å². The summed E-state index contributed by atoms with van der Waals surface area (Å²) in [5, 5.41) is 2.70. The molecule has 0 aromatic heterocycles. The lowest BCUT2D eigenvalue weighted by atomic mass is 9.98. The predicted octanol–water partition coefficient (Wildman–Crippen LogP) is 1.89. The normalized spacial score (nSPS) is 18.3. The first kappa shape index (κ1) is 18.1. The van der Waals surface area contributed by atoms with Crippen molar-refractivity contribution >= 4 is 23.7 Å². The van der Waals surface area contributed by atoms with Crippen LogP contribution in [0.15, 0.2) is 18.2 Å². The fraction of sp³-hybridized carbons (Fsp3) is 0.474. The first-order chi connectivity index (χ1) is 12.3. The van der Waals surface area contributed by atoms with Gasteiger partial charge in [0, 0.05) is 5.56 Å². The maximum absolute atomic E-state index is 12.5. The van der Waals surface area contributed by atoms with Gasteiger partial charge in [0.15, 0.2) is 6.61 Å². The molecule has 3 amide bonds. The molecule has 7 nitrogen and oxygen atoms in total. The molecule has 2 aliphatic rings. The van der Waals surface area contributed by atoms with Gasteiger partial charge >= 0.3 is 12.0 Å². The third-order valence-electron chi connectivity index (χ3n) is 5.05. The van der Waals surface area contributed by atoms with Crippen molar-refractivity contribution in [3.63, 3.8) is 0 Å². The number of rotatable bonds is 5. The van der Waals surface area contributed by atoms with Crippen LogP contribution in [0.2, 0.25) is 0 Å². The molecule has 0 radical (unpaired) electrons. The number of hydrogen-bond donors (Lipinski definition) is 1. The van der Waals surface area contributed by atoms with Gasteiger partial charge in [-0.05, 0) is 38.3 Å². The molecule has 138 valence electrons. The van der Waals surface area contributed by atoms with Gasteiger partial charge in [0.05, 0.1) is 0 Å². The molecule has 3 rings (SSSR count). The van der Waals surface area contributed by atoms with E-state index in [1.54, 1.807) is 6.07 Å². The topological polar surface area (TPSA) is 92.8 Å². The Kier molecular flexibility index (Phi) is 4.80. The standard InChI is InChI=1S/C19H22N2O5/c1-12-5-6-13(2)14(9-12)15(22)11-26-16(23)10-21-17(24)19(20-18(21)25)7-3-4-8-19/h5-6,9H,3-4,7-8,10-11H2,1-2H3,(H,20,25). The van der Waals surface area contributed by atoms with E-state index >= 15 is 0 Å². The van der Waals surface area contributed by atoms with E-state index in [2.05, 4.69) is 5.32 Å². The van der Waals surface area contributed by atoms with E-state index in [9.17, 15) is 19.2 Å². The molecule has 1 saturated carbocycles. The van der Waals surface area contributed by atoms with Crippen molar-refractivity contribution in [3.8, 4) is 0 Å². The molecular formula is C19H22N2O5. The zero-order valence-corrected chi connectivity index (χ0v) is 15.0. The Morgan fingerprint density at radius 2 is 1.88 bits per heavy atom. The van der Waals surface area contributed by atoms with Gasteiger partial charge in [0.2, 0.25) is 5.78 Å². The number of ketones is 1. The summed E-state index contributed by atoms with van der Waals surface area (Å²) in [6, 6.07) is 4.90. The van der Waals surface area contributed by atoms with Gasteiger partial charge in [-0.25, -0.2) is 4.79 Å². The molecule has 1 aromatic rings. The monoisotopic (exact) mass is 358 g/mol. The van der Waals surface area contributed by atoms with Crippen LogP contribution in [0.5, 0.6) is 0 Å². The second-order valence-electron chi connectivity index (χ2n) is 7.01. The van der Waals surface area contributed by atoms with Crippen LogP contribution in [0.3, 0.4) is 0 Å². The van der Waals surface area contributed by atoms with E-state index in [1.807, 2.05) is 26.0 Å². The summed E-state index contributed by atoms with van der Waals surface area (Å²) < 4.78 is 5.00. The quantitative estimate of drug-likeness (QED) is 0.493. The van der Waals surface area contributed by atoms with E-state index < -0.39 is 30.7 Å². The third-order valence-corrected chi connectivity index (χ3v) is 5.05. The minimum Gasteiger partial charge on any atom is -0.456 e. The van der Waals surface area contributed by atoms with Crippen LogP contribution in [-0.4, -0.2) is 47.3 Å². The van der Waals surface area contributed by atoms with Gasteiger partial charge in [-0.1, -0.05) is 30.5 Å². The smallest absolute Gasteiger partial charge is 0.326 e. The highest BCUT2D eigenvalue weighted by Gasteiger charge is 2.52. The van der Waals surface area contributed by atoms with E-state index in [0.29, 0.717) is 18.4 Å². The van der Waals surface area contributed by atoms with Crippen LogP contribution < -0.4 is 5.32 Å². The average Bonchev–Trinajstić information content (AvgIpc) is 3.16. The van der Waals surface area contributed by atoms with Crippen molar-refractivity contribution < 1.29 is 23.9 Å². The minimum atomic E-state index is -0.855. The lowest BCUT2D eigenvalue weighted by molar-refractivity contribution is -0.146. The Morgan fingerprint density at radius 3 is 2.58 bits per heavy atom. The van der Waals surface area contributed by atoms with Crippen LogP contribution >= 0.6 is 0 Å². The van der Waals surface area contributed by atoms with Crippen LogP contribution in [0.1, 0.15) is 47.2 Å². The van der Waals surface area contributed by atoms with E-state index in [0.717, 1.165) is 28.9 Å². The Balaban J connectivity index is 1.57. The fourth-order valence-electron chi connectivity index (χ4n) is 3.57. The summed E-state index contributed by atoms with van der Waals surface area (Å²) in [6.07, 6.45) is 2.92. The van der Waals surface area contributed by atoms with Gasteiger partial charge in [-0.2, -0.15) is 0 Å². The highest BCUT2D eigenvalue weighted by molar-refractivity contribution is 6.09. The molecule has 1 saturated heterocycles. The number of hydrogen-bond acceptors (Lipinski definition) is 5. The van der Waals surface area contributed by atoms with E-state index in [1.165, 1.54) is 0 Å². The Bertz CT molecular complexity index is 780. The molecule has 0 atom stereocenters. The number of esters is 1. The lowest BCUT2D eigenvalue weighted by Gasteiger charge is -2.19. The summed E-state index contributed by atoms with van der Waals surface area (Å²) in [4.78, 5) is 49.7. The van der Waals surface area contributed by atoms with Crippen LogP contribution in [0.25, 0.3) is 0 Å². The summed E-state index contributed by atoms with van der Waals surface area (Å²) in [6.45, 7) is 2.78. The van der Waals surface area contributed by atoms with E-state index in [4.69, 9.17) is 4.74 Å². The number of nitrogens with one attached hydrogen (secondary N) is 1. The molecule has 0 bridgehead atoms. The van der Waals surface area contributed by atoms with Crippen LogP contribution in [0, 0.1) is 13.8 Å². The zero-order valence-electron chi connectivity index (χ0n) is 15.0. The number of imide groups is 1. The van der Waals surface area contributed by atoms with Crippen molar-refractivity contribution in [2.45, 2.75) is 45.1 Å². The van der Waals surface area contributed by atoms with Crippen LogP contribution in [0.4, 0.5) is 4.79 Å². The molecule has 2 fully saturated rings. The molecule has 0 unspecified atom stereocenters. The van der Waals surface area contributed by atoms with Crippen molar-refractivity contribution in [1.82, 2.24) is 10.2 Å². The highest BCUT2D eigenvalue weighted by Crippen LogP contribution is 2.34. The summed E-state index contributed by atoms with van der Waals surface area (Å²) >= 11 is 0. The maximum Gasteiger partial charge on any atom is 0.326 e. The van der Waals surface area contributed by atoms with Crippen molar-refractivity contribution in [1.29, 1.82) is 0 Å². The maximum atomic E-state index is 12.5. The first-order valence-electron chi connectivity index (χ1n) is 8.72. The third kappa shape index (κ3) is 3.34. The van der Waals surface area contributed by atoms with Gasteiger partial charge < -0.3 is 10.1 Å². The van der Waals surface area contributed by atoms with Gasteiger partial charge in [-0.15, -0.1) is 0 Å².